The predicted molar refractivity (Wildman–Crippen MR) is 110 cm³/mol. The largest absolute Gasteiger partial charge is 0.417 e. The zero-order valence-electron chi connectivity index (χ0n) is 16.5. The Bertz CT molecular complexity index is 1250. The smallest absolute Gasteiger partial charge is 0.310 e. The minimum absolute atomic E-state index is 0.0604. The third kappa shape index (κ3) is 4.55. The summed E-state index contributed by atoms with van der Waals surface area (Å²) in [6, 6.07) is 11.6. The highest BCUT2D eigenvalue weighted by atomic mass is 32.2. The molecule has 0 aliphatic carbocycles. The number of thioether (sulfide) groups is 1. The van der Waals surface area contributed by atoms with Crippen molar-refractivity contribution in [1.29, 1.82) is 0 Å². The molecule has 7 nitrogen and oxygen atoms in total. The number of amides is 1. The number of pyridine rings is 1. The van der Waals surface area contributed by atoms with E-state index in [0.717, 1.165) is 41.0 Å². The van der Waals surface area contributed by atoms with Crippen molar-refractivity contribution in [3.05, 3.63) is 65.5 Å². The molecule has 0 saturated carbocycles. The van der Waals surface area contributed by atoms with E-state index < -0.39 is 11.7 Å². The Morgan fingerprint density at radius 2 is 1.84 bits per heavy atom. The molecule has 0 radical (unpaired) electrons. The van der Waals surface area contributed by atoms with Crippen molar-refractivity contribution >= 4 is 29.1 Å². The third-order valence-corrected chi connectivity index (χ3v) is 5.35. The normalized spacial score (nSPS) is 11.8. The van der Waals surface area contributed by atoms with Gasteiger partial charge in [-0.3, -0.25) is 9.20 Å². The van der Waals surface area contributed by atoms with Crippen LogP contribution in [-0.4, -0.2) is 36.0 Å². The standard InChI is InChI=1S/C20H17F3N6OS/c1-12-3-6-15(7-4-12)29-17(9-13(2)27-29)24-18(30)11-31-19-26-25-16-8-5-14(10-28(16)19)20(21,22)23/h3-10H,11H2,1-2H3,(H,24,30). The first-order chi connectivity index (χ1) is 14.7. The first kappa shape index (κ1) is 20.9. The fourth-order valence-electron chi connectivity index (χ4n) is 2.92. The minimum Gasteiger partial charge on any atom is -0.310 e. The van der Waals surface area contributed by atoms with Crippen LogP contribution >= 0.6 is 11.8 Å². The van der Waals surface area contributed by atoms with Gasteiger partial charge in [-0.15, -0.1) is 10.2 Å². The van der Waals surface area contributed by atoms with Gasteiger partial charge >= 0.3 is 6.18 Å². The molecule has 3 heterocycles. The molecule has 0 saturated heterocycles. The number of carbonyl (C=O) groups excluding carboxylic acids is 1. The van der Waals surface area contributed by atoms with Crippen molar-refractivity contribution in [2.45, 2.75) is 25.2 Å². The van der Waals surface area contributed by atoms with Gasteiger partial charge in [0.15, 0.2) is 10.8 Å². The lowest BCUT2D eigenvalue weighted by Crippen LogP contribution is -2.17. The summed E-state index contributed by atoms with van der Waals surface area (Å²) in [6.07, 6.45) is -3.56. The Morgan fingerprint density at radius 3 is 2.55 bits per heavy atom. The van der Waals surface area contributed by atoms with Crippen LogP contribution in [-0.2, 0) is 11.0 Å². The summed E-state index contributed by atoms with van der Waals surface area (Å²) in [7, 11) is 0. The van der Waals surface area contributed by atoms with E-state index in [1.807, 2.05) is 38.1 Å². The second-order valence-electron chi connectivity index (χ2n) is 6.88. The molecule has 0 bridgehead atoms. The number of aryl methyl sites for hydroxylation is 2. The third-order valence-electron chi connectivity index (χ3n) is 4.41. The van der Waals surface area contributed by atoms with Crippen molar-refractivity contribution in [1.82, 2.24) is 24.4 Å². The Balaban J connectivity index is 1.49. The number of hydrogen-bond acceptors (Lipinski definition) is 5. The lowest BCUT2D eigenvalue weighted by molar-refractivity contribution is -0.137. The average molecular weight is 446 g/mol. The number of nitrogens with one attached hydrogen (secondary N) is 1. The first-order valence-corrected chi connectivity index (χ1v) is 10.2. The van der Waals surface area contributed by atoms with Gasteiger partial charge in [-0.2, -0.15) is 18.3 Å². The SMILES string of the molecule is Cc1ccc(-n2nc(C)cc2NC(=O)CSc2nnc3ccc(C(F)(F)F)cn23)cc1. The summed E-state index contributed by atoms with van der Waals surface area (Å²) in [4.78, 5) is 12.5. The highest BCUT2D eigenvalue weighted by molar-refractivity contribution is 7.99. The van der Waals surface area contributed by atoms with Gasteiger partial charge in [0.2, 0.25) is 5.91 Å². The molecule has 1 aromatic carbocycles. The zero-order chi connectivity index (χ0) is 22.2. The number of hydrogen-bond donors (Lipinski definition) is 1. The summed E-state index contributed by atoms with van der Waals surface area (Å²) in [6.45, 7) is 3.79. The van der Waals surface area contributed by atoms with Gasteiger partial charge in [-0.05, 0) is 38.1 Å². The number of anilines is 1. The number of aromatic nitrogens is 5. The molecular formula is C20H17F3N6OS. The monoisotopic (exact) mass is 446 g/mol. The van der Waals surface area contributed by atoms with Crippen LogP contribution in [0.2, 0.25) is 0 Å². The van der Waals surface area contributed by atoms with E-state index in [2.05, 4.69) is 20.6 Å². The molecule has 0 unspecified atom stereocenters. The second-order valence-corrected chi connectivity index (χ2v) is 7.82. The van der Waals surface area contributed by atoms with Crippen LogP contribution in [0.25, 0.3) is 11.3 Å². The van der Waals surface area contributed by atoms with Crippen LogP contribution in [0.1, 0.15) is 16.8 Å². The molecule has 0 aliphatic heterocycles. The van der Waals surface area contributed by atoms with Gasteiger partial charge in [0, 0.05) is 12.3 Å². The van der Waals surface area contributed by atoms with Gasteiger partial charge in [0.25, 0.3) is 0 Å². The van der Waals surface area contributed by atoms with E-state index in [1.54, 1.807) is 10.7 Å². The molecule has 0 fully saturated rings. The van der Waals surface area contributed by atoms with Gasteiger partial charge in [-0.25, -0.2) is 4.68 Å². The fourth-order valence-corrected chi connectivity index (χ4v) is 3.63. The molecule has 1 amide bonds. The maximum atomic E-state index is 13.0. The van der Waals surface area contributed by atoms with Crippen molar-refractivity contribution in [2.24, 2.45) is 0 Å². The lowest BCUT2D eigenvalue weighted by Gasteiger charge is -2.09. The lowest BCUT2D eigenvalue weighted by atomic mass is 10.2. The number of fused-ring (bicyclic) bond motifs is 1. The number of alkyl halides is 3. The number of rotatable bonds is 5. The fraction of sp³-hybridized carbons (Fsp3) is 0.200. The van der Waals surface area contributed by atoms with E-state index >= 15 is 0 Å². The van der Waals surface area contributed by atoms with Gasteiger partial charge in [0.1, 0.15) is 5.82 Å². The topological polar surface area (TPSA) is 77.1 Å². The van der Waals surface area contributed by atoms with Gasteiger partial charge in [-0.1, -0.05) is 29.5 Å². The summed E-state index contributed by atoms with van der Waals surface area (Å²) in [5, 5.41) is 15.1. The number of halogens is 3. The average Bonchev–Trinajstić information content (AvgIpc) is 3.29. The molecule has 3 aromatic heterocycles. The van der Waals surface area contributed by atoms with Crippen molar-refractivity contribution in [3.63, 3.8) is 0 Å². The van der Waals surface area contributed by atoms with Gasteiger partial charge in [0.05, 0.1) is 22.7 Å². The molecular weight excluding hydrogens is 429 g/mol. The summed E-state index contributed by atoms with van der Waals surface area (Å²) in [5.74, 6) is 0.0919. The van der Waals surface area contributed by atoms with Crippen LogP contribution in [0, 0.1) is 13.8 Å². The first-order valence-electron chi connectivity index (χ1n) is 9.19. The molecule has 0 atom stereocenters. The van der Waals surface area contributed by atoms with Crippen LogP contribution in [0.5, 0.6) is 0 Å². The van der Waals surface area contributed by atoms with Gasteiger partial charge < -0.3 is 5.32 Å². The molecule has 160 valence electrons. The van der Waals surface area contributed by atoms with E-state index in [1.165, 1.54) is 10.5 Å². The minimum atomic E-state index is -4.48. The van der Waals surface area contributed by atoms with Crippen molar-refractivity contribution in [2.75, 3.05) is 11.1 Å². The Kier molecular flexibility index (Phi) is 5.44. The summed E-state index contributed by atoms with van der Waals surface area (Å²) < 4.78 is 41.8. The predicted octanol–water partition coefficient (Wildman–Crippen LogP) is 4.28. The van der Waals surface area contributed by atoms with E-state index in [9.17, 15) is 18.0 Å². The zero-order valence-corrected chi connectivity index (χ0v) is 17.3. The number of nitrogens with zero attached hydrogens (tertiary/aromatic N) is 5. The highest BCUT2D eigenvalue weighted by Crippen LogP contribution is 2.30. The van der Waals surface area contributed by atoms with Crippen LogP contribution < -0.4 is 5.32 Å². The molecule has 4 rings (SSSR count). The highest BCUT2D eigenvalue weighted by Gasteiger charge is 2.31. The maximum absolute atomic E-state index is 13.0. The van der Waals surface area contributed by atoms with Crippen molar-refractivity contribution < 1.29 is 18.0 Å². The maximum Gasteiger partial charge on any atom is 0.417 e. The molecule has 0 aliphatic rings. The van der Waals surface area contributed by atoms with E-state index in [4.69, 9.17) is 0 Å². The van der Waals surface area contributed by atoms with Crippen LogP contribution in [0.3, 0.4) is 0 Å². The molecule has 11 heteroatoms. The number of carbonyl (C=O) groups is 1. The Hall–Kier alpha value is -3.34. The molecule has 0 spiro atoms. The summed E-state index contributed by atoms with van der Waals surface area (Å²) >= 11 is 0.994. The summed E-state index contributed by atoms with van der Waals surface area (Å²) in [5.41, 5.74) is 2.08. The second kappa shape index (κ2) is 8.06. The molecule has 31 heavy (non-hydrogen) atoms. The van der Waals surface area contributed by atoms with Crippen molar-refractivity contribution in [3.8, 4) is 5.69 Å². The quantitative estimate of drug-likeness (QED) is 0.463. The molecule has 1 N–H and O–H groups in total. The van der Waals surface area contributed by atoms with Crippen LogP contribution in [0.4, 0.5) is 19.0 Å². The van der Waals surface area contributed by atoms with E-state index in [-0.39, 0.29) is 22.5 Å². The Labute approximate surface area is 179 Å². The van der Waals surface area contributed by atoms with E-state index in [0.29, 0.717) is 5.82 Å². The van der Waals surface area contributed by atoms with Crippen LogP contribution in [0.15, 0.2) is 53.8 Å². The Morgan fingerprint density at radius 1 is 1.10 bits per heavy atom. The molecule has 4 aromatic rings. The number of benzene rings is 1.